The van der Waals surface area contributed by atoms with Gasteiger partial charge in [0.25, 0.3) is 0 Å². The zero-order valence-electron chi connectivity index (χ0n) is 7.25. The Morgan fingerprint density at radius 1 is 1.29 bits per heavy atom. The van der Waals surface area contributed by atoms with Gasteiger partial charge in [0.2, 0.25) is 0 Å². The average Bonchev–Trinajstić information content (AvgIpc) is 2.85. The van der Waals surface area contributed by atoms with Crippen LogP contribution in [0.2, 0.25) is 0 Å². The molecule has 0 bridgehead atoms. The van der Waals surface area contributed by atoms with Crippen molar-refractivity contribution >= 4 is 11.2 Å². The van der Waals surface area contributed by atoms with Crippen molar-refractivity contribution in [2.45, 2.75) is 0 Å². The van der Waals surface area contributed by atoms with E-state index in [1.807, 2.05) is 23.0 Å². The minimum Gasteiger partial charge on any atom is -0.366 e. The summed E-state index contributed by atoms with van der Waals surface area (Å²) in [6.45, 7) is 0. The van der Waals surface area contributed by atoms with Crippen LogP contribution in [0.15, 0.2) is 37.3 Å². The zero-order valence-corrected chi connectivity index (χ0v) is 7.25. The summed E-state index contributed by atoms with van der Waals surface area (Å²) in [5, 5.41) is 0. The van der Waals surface area contributed by atoms with Gasteiger partial charge in [0.15, 0.2) is 5.65 Å². The van der Waals surface area contributed by atoms with Gasteiger partial charge >= 0.3 is 0 Å². The van der Waals surface area contributed by atoms with Crippen molar-refractivity contribution < 1.29 is 0 Å². The molecule has 68 valence electrons. The number of nitrogens with zero attached hydrogens (tertiary/aromatic N) is 4. The minimum absolute atomic E-state index is 0.800. The summed E-state index contributed by atoms with van der Waals surface area (Å²) in [6, 6.07) is 1.96. The van der Waals surface area contributed by atoms with Crippen LogP contribution < -0.4 is 0 Å². The number of aromatic nitrogens is 5. The molecule has 0 aliphatic heterocycles. The van der Waals surface area contributed by atoms with Gasteiger partial charge in [-0.05, 0) is 6.07 Å². The van der Waals surface area contributed by atoms with Gasteiger partial charge in [0.05, 0.1) is 11.9 Å². The van der Waals surface area contributed by atoms with Crippen LogP contribution in [0.25, 0.3) is 16.9 Å². The van der Waals surface area contributed by atoms with Crippen molar-refractivity contribution in [3.8, 4) is 5.69 Å². The Balaban J connectivity index is 2.33. The highest BCUT2D eigenvalue weighted by atomic mass is 15.1. The second-order valence-corrected chi connectivity index (χ2v) is 2.92. The molecule has 5 nitrogen and oxygen atoms in total. The third-order valence-electron chi connectivity index (χ3n) is 2.07. The van der Waals surface area contributed by atoms with E-state index in [1.54, 1.807) is 12.5 Å². The fraction of sp³-hybridized carbons (Fsp3) is 0. The molecular weight excluding hydrogens is 178 g/mol. The van der Waals surface area contributed by atoms with Gasteiger partial charge in [0.1, 0.15) is 18.2 Å². The topological polar surface area (TPSA) is 59.4 Å². The van der Waals surface area contributed by atoms with Gasteiger partial charge in [-0.25, -0.2) is 15.0 Å². The number of H-pyrrole nitrogens is 1. The number of aromatic amines is 1. The average molecular weight is 185 g/mol. The summed E-state index contributed by atoms with van der Waals surface area (Å²) < 4.78 is 1.91. The van der Waals surface area contributed by atoms with Crippen LogP contribution in [0.5, 0.6) is 0 Å². The smallest absolute Gasteiger partial charge is 0.167 e. The molecule has 5 heteroatoms. The lowest BCUT2D eigenvalue weighted by Gasteiger charge is -1.97. The molecule has 3 aromatic heterocycles. The van der Waals surface area contributed by atoms with E-state index < -0.39 is 0 Å². The number of imidazole rings is 1. The van der Waals surface area contributed by atoms with Crippen LogP contribution in [-0.4, -0.2) is 24.5 Å². The van der Waals surface area contributed by atoms with Crippen molar-refractivity contribution in [1.82, 2.24) is 24.5 Å². The van der Waals surface area contributed by atoms with Gasteiger partial charge in [-0.1, -0.05) is 0 Å². The van der Waals surface area contributed by atoms with Gasteiger partial charge < -0.3 is 4.98 Å². The molecule has 0 aliphatic rings. The van der Waals surface area contributed by atoms with E-state index in [-0.39, 0.29) is 0 Å². The molecule has 0 amide bonds. The summed E-state index contributed by atoms with van der Waals surface area (Å²) in [4.78, 5) is 15.3. The first-order valence-corrected chi connectivity index (χ1v) is 4.21. The van der Waals surface area contributed by atoms with Crippen LogP contribution in [0.1, 0.15) is 0 Å². The van der Waals surface area contributed by atoms with E-state index in [9.17, 15) is 0 Å². The van der Waals surface area contributed by atoms with Crippen molar-refractivity contribution in [2.24, 2.45) is 0 Å². The molecule has 3 heterocycles. The molecule has 0 aromatic carbocycles. The molecular formula is C9H7N5. The summed E-state index contributed by atoms with van der Waals surface area (Å²) in [5.74, 6) is 0. The van der Waals surface area contributed by atoms with E-state index in [0.29, 0.717) is 0 Å². The fourth-order valence-electron chi connectivity index (χ4n) is 1.42. The fourth-order valence-corrected chi connectivity index (χ4v) is 1.42. The maximum absolute atomic E-state index is 4.20. The quantitative estimate of drug-likeness (QED) is 0.618. The number of hydrogen-bond donors (Lipinski definition) is 1. The van der Waals surface area contributed by atoms with Crippen molar-refractivity contribution in [3.05, 3.63) is 37.3 Å². The predicted octanol–water partition coefficient (Wildman–Crippen LogP) is 1.14. The number of nitrogens with one attached hydrogen (secondary N) is 1. The Kier molecular flexibility index (Phi) is 1.38. The van der Waals surface area contributed by atoms with E-state index in [0.717, 1.165) is 16.9 Å². The van der Waals surface area contributed by atoms with Crippen molar-refractivity contribution in [2.75, 3.05) is 0 Å². The molecule has 0 atom stereocenters. The highest BCUT2D eigenvalue weighted by Crippen LogP contribution is 2.13. The summed E-state index contributed by atoms with van der Waals surface area (Å²) in [6.07, 6.45) is 8.72. The van der Waals surface area contributed by atoms with Gasteiger partial charge in [-0.3, -0.25) is 4.57 Å². The number of fused-ring (bicyclic) bond motifs is 1. The first kappa shape index (κ1) is 7.25. The monoisotopic (exact) mass is 185 g/mol. The Morgan fingerprint density at radius 3 is 3.14 bits per heavy atom. The molecule has 0 saturated heterocycles. The van der Waals surface area contributed by atoms with Crippen molar-refractivity contribution in [3.63, 3.8) is 0 Å². The minimum atomic E-state index is 0.800. The largest absolute Gasteiger partial charge is 0.366 e. The first-order chi connectivity index (χ1) is 6.95. The normalized spacial score (nSPS) is 10.9. The lowest BCUT2D eigenvalue weighted by atomic mass is 10.5. The molecule has 3 aromatic rings. The molecule has 0 saturated carbocycles. The third kappa shape index (κ3) is 0.922. The molecule has 0 spiro atoms. The van der Waals surface area contributed by atoms with E-state index in [2.05, 4.69) is 19.9 Å². The zero-order chi connectivity index (χ0) is 9.38. The Labute approximate surface area is 79.5 Å². The van der Waals surface area contributed by atoms with E-state index in [1.165, 1.54) is 6.33 Å². The highest BCUT2D eigenvalue weighted by molar-refractivity contribution is 5.71. The summed E-state index contributed by atoms with van der Waals surface area (Å²) in [5.41, 5.74) is 2.64. The molecule has 1 N–H and O–H groups in total. The van der Waals surface area contributed by atoms with Crippen LogP contribution in [0.4, 0.5) is 0 Å². The Hall–Kier alpha value is -2.17. The maximum atomic E-state index is 4.20. The lowest BCUT2D eigenvalue weighted by molar-refractivity contribution is 1.06. The molecule has 0 fully saturated rings. The van der Waals surface area contributed by atoms with E-state index in [4.69, 9.17) is 0 Å². The molecule has 3 rings (SSSR count). The number of rotatable bonds is 1. The van der Waals surface area contributed by atoms with Crippen LogP contribution in [0, 0.1) is 0 Å². The van der Waals surface area contributed by atoms with Gasteiger partial charge in [0, 0.05) is 12.4 Å². The predicted molar refractivity (Wildman–Crippen MR) is 51.0 cm³/mol. The Morgan fingerprint density at radius 2 is 2.29 bits per heavy atom. The van der Waals surface area contributed by atoms with Crippen LogP contribution in [-0.2, 0) is 0 Å². The van der Waals surface area contributed by atoms with Gasteiger partial charge in [-0.2, -0.15) is 0 Å². The van der Waals surface area contributed by atoms with Crippen molar-refractivity contribution in [1.29, 1.82) is 0 Å². The highest BCUT2D eigenvalue weighted by Gasteiger charge is 2.04. The third-order valence-corrected chi connectivity index (χ3v) is 2.07. The van der Waals surface area contributed by atoms with Crippen LogP contribution in [0.3, 0.4) is 0 Å². The second kappa shape index (κ2) is 2.66. The standard InChI is InChI=1S/C9H7N5/c1-2-10-3-7(1)14-6-13-8-4-11-5-12-9(8)14/h1-6,10H. The molecule has 0 aliphatic carbocycles. The summed E-state index contributed by atoms with van der Waals surface area (Å²) in [7, 11) is 0. The second-order valence-electron chi connectivity index (χ2n) is 2.92. The molecule has 0 radical (unpaired) electrons. The lowest BCUT2D eigenvalue weighted by Crippen LogP contribution is -1.91. The summed E-state index contributed by atoms with van der Waals surface area (Å²) >= 11 is 0. The Bertz CT molecular complexity index is 551. The maximum Gasteiger partial charge on any atom is 0.167 e. The number of hydrogen-bond acceptors (Lipinski definition) is 3. The van der Waals surface area contributed by atoms with Crippen LogP contribution >= 0.6 is 0 Å². The SMILES string of the molecule is c1ncc2ncn(-c3cc[nH]c3)c2n1. The van der Waals surface area contributed by atoms with Gasteiger partial charge in [-0.15, -0.1) is 0 Å². The van der Waals surface area contributed by atoms with E-state index >= 15 is 0 Å². The first-order valence-electron chi connectivity index (χ1n) is 4.21. The molecule has 14 heavy (non-hydrogen) atoms. The molecule has 0 unspecified atom stereocenters.